The van der Waals surface area contributed by atoms with Crippen LogP contribution in [0.1, 0.15) is 32.6 Å². The molecule has 0 saturated heterocycles. The zero-order valence-corrected chi connectivity index (χ0v) is 14.4. The highest BCUT2D eigenvalue weighted by Gasteiger charge is 2.26. The summed E-state index contributed by atoms with van der Waals surface area (Å²) in [7, 11) is -0.603. The van der Waals surface area contributed by atoms with Crippen molar-refractivity contribution < 1.29 is 0 Å². The largest absolute Gasteiger partial charge is 0.269 e. The van der Waals surface area contributed by atoms with Gasteiger partial charge >= 0.3 is 0 Å². The molecule has 4 heteroatoms. The summed E-state index contributed by atoms with van der Waals surface area (Å²) in [6.07, 6.45) is 16.6. The van der Waals surface area contributed by atoms with Gasteiger partial charge in [0.05, 0.1) is 0 Å². The number of allylic oxidation sites excluding steroid dienone is 1. The van der Waals surface area contributed by atoms with Crippen LogP contribution in [0.2, 0.25) is 0 Å². The lowest BCUT2D eigenvalue weighted by molar-refractivity contribution is 0.562. The van der Waals surface area contributed by atoms with Crippen molar-refractivity contribution in [2.24, 2.45) is 10.9 Å². The minimum atomic E-state index is -0.603. The maximum atomic E-state index is 4.48. The maximum Gasteiger partial charge on any atom is 0.0351 e. The van der Waals surface area contributed by atoms with Crippen LogP contribution >= 0.6 is 7.92 Å². The Balaban J connectivity index is 2.00. The second-order valence-corrected chi connectivity index (χ2v) is 7.94. The minimum absolute atomic E-state index is 0.582. The van der Waals surface area contributed by atoms with Crippen molar-refractivity contribution in [2.45, 2.75) is 32.6 Å². The SMILES string of the molecule is CCCCC1CC=NC=C1P(c1cccnc1)c1cccnc1. The van der Waals surface area contributed by atoms with Crippen LogP contribution in [0.15, 0.2) is 65.6 Å². The number of rotatable bonds is 6. The average molecular weight is 323 g/mol. The fourth-order valence-electron chi connectivity index (χ4n) is 2.92. The molecule has 0 aromatic carbocycles. The first-order chi connectivity index (χ1) is 11.4. The highest BCUT2D eigenvalue weighted by molar-refractivity contribution is 7.76. The first-order valence-electron chi connectivity index (χ1n) is 8.22. The molecule has 118 valence electrons. The number of hydrogen-bond donors (Lipinski definition) is 0. The average Bonchev–Trinajstić information content (AvgIpc) is 2.63. The van der Waals surface area contributed by atoms with Gasteiger partial charge < -0.3 is 0 Å². The van der Waals surface area contributed by atoms with E-state index in [0.717, 1.165) is 6.42 Å². The van der Waals surface area contributed by atoms with E-state index in [9.17, 15) is 0 Å². The number of hydrogen-bond acceptors (Lipinski definition) is 3. The van der Waals surface area contributed by atoms with Crippen LogP contribution in [0.4, 0.5) is 0 Å². The van der Waals surface area contributed by atoms with Gasteiger partial charge in [0, 0.05) is 47.8 Å². The molecule has 0 fully saturated rings. The molecule has 0 aliphatic carbocycles. The van der Waals surface area contributed by atoms with Gasteiger partial charge in [-0.15, -0.1) is 0 Å². The third kappa shape index (κ3) is 3.92. The van der Waals surface area contributed by atoms with Gasteiger partial charge in [0.1, 0.15) is 0 Å². The lowest BCUT2D eigenvalue weighted by Crippen LogP contribution is -2.19. The van der Waals surface area contributed by atoms with Gasteiger partial charge in [-0.1, -0.05) is 31.9 Å². The Morgan fingerprint density at radius 1 is 1.09 bits per heavy atom. The molecule has 0 N–H and O–H groups in total. The molecule has 3 rings (SSSR count). The third-order valence-electron chi connectivity index (χ3n) is 4.09. The molecular formula is C19H22N3P. The first kappa shape index (κ1) is 16.0. The predicted molar refractivity (Wildman–Crippen MR) is 98.9 cm³/mol. The summed E-state index contributed by atoms with van der Waals surface area (Å²) >= 11 is 0. The number of unbranched alkanes of at least 4 members (excludes halogenated alkanes) is 1. The highest BCUT2D eigenvalue weighted by Crippen LogP contribution is 2.49. The molecule has 1 unspecified atom stereocenters. The molecule has 1 aliphatic heterocycles. The topological polar surface area (TPSA) is 38.1 Å². The second kappa shape index (κ2) is 8.12. The van der Waals surface area contributed by atoms with E-state index in [4.69, 9.17) is 0 Å². The van der Waals surface area contributed by atoms with Crippen molar-refractivity contribution in [1.29, 1.82) is 0 Å². The summed E-state index contributed by atoms with van der Waals surface area (Å²) < 4.78 is 0. The standard InChI is InChI=1S/C19H22N3P/c1-2-3-6-16-9-12-22-15-19(16)23(17-7-4-10-20-13-17)18-8-5-11-21-14-18/h4-5,7-8,10-16H,2-3,6,9H2,1H3. The maximum absolute atomic E-state index is 4.48. The van der Waals surface area contributed by atoms with Crippen molar-refractivity contribution in [2.75, 3.05) is 0 Å². The molecule has 1 aliphatic rings. The molecule has 0 radical (unpaired) electrons. The van der Waals surface area contributed by atoms with Crippen molar-refractivity contribution >= 4 is 24.7 Å². The van der Waals surface area contributed by atoms with E-state index in [1.165, 1.54) is 35.2 Å². The molecule has 3 heterocycles. The fraction of sp³-hybridized carbons (Fsp3) is 0.316. The van der Waals surface area contributed by atoms with Gasteiger partial charge in [0.2, 0.25) is 0 Å². The summed E-state index contributed by atoms with van der Waals surface area (Å²) in [5, 5.41) is 4.01. The molecule has 0 amide bonds. The molecule has 0 bridgehead atoms. The quantitative estimate of drug-likeness (QED) is 0.753. The molecule has 1 atom stereocenters. The van der Waals surface area contributed by atoms with Crippen molar-refractivity contribution in [3.63, 3.8) is 0 Å². The Morgan fingerprint density at radius 3 is 2.35 bits per heavy atom. The van der Waals surface area contributed by atoms with Crippen molar-refractivity contribution in [3.8, 4) is 0 Å². The smallest absolute Gasteiger partial charge is 0.0351 e. The van der Waals surface area contributed by atoms with E-state index in [-0.39, 0.29) is 0 Å². The predicted octanol–water partition coefficient (Wildman–Crippen LogP) is 4.03. The number of nitrogens with zero attached hydrogens (tertiary/aromatic N) is 3. The van der Waals surface area contributed by atoms with Crippen molar-refractivity contribution in [3.05, 3.63) is 60.6 Å². The molecular weight excluding hydrogens is 301 g/mol. The van der Waals surface area contributed by atoms with E-state index in [2.05, 4.69) is 46.4 Å². The number of aliphatic imine (C=N–C) groups is 1. The Kier molecular flexibility index (Phi) is 5.65. The fourth-order valence-corrected chi connectivity index (χ4v) is 5.43. The molecule has 23 heavy (non-hydrogen) atoms. The van der Waals surface area contributed by atoms with Gasteiger partial charge in [-0.3, -0.25) is 15.0 Å². The summed E-state index contributed by atoms with van der Waals surface area (Å²) in [5.41, 5.74) is 0. The lowest BCUT2D eigenvalue weighted by atomic mass is 9.97. The number of aromatic nitrogens is 2. The van der Waals surface area contributed by atoms with E-state index >= 15 is 0 Å². The molecule has 2 aromatic heterocycles. The van der Waals surface area contributed by atoms with Crippen LogP contribution in [-0.2, 0) is 0 Å². The minimum Gasteiger partial charge on any atom is -0.269 e. The monoisotopic (exact) mass is 323 g/mol. The van der Waals surface area contributed by atoms with Crippen molar-refractivity contribution in [1.82, 2.24) is 9.97 Å². The van der Waals surface area contributed by atoms with Crippen LogP contribution < -0.4 is 10.6 Å². The molecule has 0 spiro atoms. The molecule has 0 saturated carbocycles. The second-order valence-electron chi connectivity index (χ2n) is 5.72. The third-order valence-corrected chi connectivity index (χ3v) is 6.65. The van der Waals surface area contributed by atoms with Gasteiger partial charge in [-0.25, -0.2) is 0 Å². The lowest BCUT2D eigenvalue weighted by Gasteiger charge is -2.28. The van der Waals surface area contributed by atoms with Gasteiger partial charge in [0.25, 0.3) is 0 Å². The Bertz CT molecular complexity index is 628. The first-order valence-corrected chi connectivity index (χ1v) is 9.56. The normalized spacial score (nSPS) is 17.3. The summed E-state index contributed by atoms with van der Waals surface area (Å²) in [6.45, 7) is 2.26. The van der Waals surface area contributed by atoms with Crippen LogP contribution in [0, 0.1) is 5.92 Å². The summed E-state index contributed by atoms with van der Waals surface area (Å²) in [5.74, 6) is 0.582. The van der Waals surface area contributed by atoms with Gasteiger partial charge in [-0.05, 0) is 44.1 Å². The zero-order chi connectivity index (χ0) is 15.9. The van der Waals surface area contributed by atoms with E-state index < -0.39 is 7.92 Å². The van der Waals surface area contributed by atoms with Gasteiger partial charge in [0.15, 0.2) is 0 Å². The van der Waals surface area contributed by atoms with E-state index in [0.29, 0.717) is 5.92 Å². The summed E-state index contributed by atoms with van der Waals surface area (Å²) in [6, 6.07) is 8.41. The van der Waals surface area contributed by atoms with E-state index in [1.807, 2.05) is 36.9 Å². The molecule has 2 aromatic rings. The summed E-state index contributed by atoms with van der Waals surface area (Å²) in [4.78, 5) is 13.2. The van der Waals surface area contributed by atoms with Crippen LogP contribution in [0.25, 0.3) is 0 Å². The van der Waals surface area contributed by atoms with E-state index in [1.54, 1.807) is 0 Å². The molecule has 3 nitrogen and oxygen atoms in total. The zero-order valence-electron chi connectivity index (χ0n) is 13.5. The number of pyridine rings is 2. The van der Waals surface area contributed by atoms with Crippen LogP contribution in [-0.4, -0.2) is 16.2 Å². The Labute approximate surface area is 139 Å². The van der Waals surface area contributed by atoms with Crippen LogP contribution in [0.3, 0.4) is 0 Å². The Morgan fingerprint density at radius 2 is 1.78 bits per heavy atom. The Hall–Kier alpha value is -1.86. The van der Waals surface area contributed by atoms with Crippen LogP contribution in [0.5, 0.6) is 0 Å². The highest BCUT2D eigenvalue weighted by atomic mass is 31.1. The van der Waals surface area contributed by atoms with Gasteiger partial charge in [-0.2, -0.15) is 0 Å².